The SMILES string of the molecule is CCC(NCC(C)S(C)=O)C(=O)OC. The third-order valence-corrected chi connectivity index (χ3v) is 3.41. The minimum atomic E-state index is -0.859. The molecule has 0 bridgehead atoms. The number of carbonyl (C=O) groups is 1. The molecule has 0 aromatic carbocycles. The quantitative estimate of drug-likeness (QED) is 0.655. The highest BCUT2D eigenvalue weighted by Gasteiger charge is 2.17. The molecule has 0 aliphatic carbocycles. The largest absolute Gasteiger partial charge is 0.468 e. The van der Waals surface area contributed by atoms with Gasteiger partial charge in [-0.25, -0.2) is 0 Å². The maximum Gasteiger partial charge on any atom is 0.322 e. The van der Waals surface area contributed by atoms with E-state index in [4.69, 9.17) is 0 Å². The van der Waals surface area contributed by atoms with E-state index < -0.39 is 10.8 Å². The average molecular weight is 221 g/mol. The van der Waals surface area contributed by atoms with E-state index in [1.165, 1.54) is 7.11 Å². The molecule has 0 heterocycles. The lowest BCUT2D eigenvalue weighted by atomic mass is 10.2. The van der Waals surface area contributed by atoms with Crippen LogP contribution in [0, 0.1) is 0 Å². The molecule has 0 amide bonds. The van der Waals surface area contributed by atoms with Crippen molar-refractivity contribution in [2.45, 2.75) is 31.6 Å². The number of hydrogen-bond acceptors (Lipinski definition) is 4. The summed E-state index contributed by atoms with van der Waals surface area (Å²) >= 11 is 0. The topological polar surface area (TPSA) is 55.4 Å². The molecule has 0 aromatic heterocycles. The first kappa shape index (κ1) is 13.6. The van der Waals surface area contributed by atoms with Gasteiger partial charge in [0.25, 0.3) is 0 Å². The first-order chi connectivity index (χ1) is 6.52. The smallest absolute Gasteiger partial charge is 0.322 e. The van der Waals surface area contributed by atoms with Gasteiger partial charge in [-0.1, -0.05) is 6.92 Å². The van der Waals surface area contributed by atoms with Gasteiger partial charge in [0.1, 0.15) is 6.04 Å². The van der Waals surface area contributed by atoms with Gasteiger partial charge in [0, 0.05) is 28.9 Å². The fourth-order valence-corrected chi connectivity index (χ4v) is 1.29. The van der Waals surface area contributed by atoms with Crippen LogP contribution in [0.2, 0.25) is 0 Å². The van der Waals surface area contributed by atoms with Gasteiger partial charge in [-0.2, -0.15) is 0 Å². The van der Waals surface area contributed by atoms with Crippen LogP contribution in [0.15, 0.2) is 0 Å². The monoisotopic (exact) mass is 221 g/mol. The minimum absolute atomic E-state index is 0.0497. The Balaban J connectivity index is 3.95. The standard InChI is InChI=1S/C9H19NO3S/c1-5-8(9(11)13-3)10-6-7(2)14(4)12/h7-8,10H,5-6H2,1-4H3. The zero-order valence-electron chi connectivity index (χ0n) is 9.20. The summed E-state index contributed by atoms with van der Waals surface area (Å²) in [7, 11) is 0.511. The van der Waals surface area contributed by atoms with Crippen LogP contribution in [0.5, 0.6) is 0 Å². The van der Waals surface area contributed by atoms with Gasteiger partial charge in [0.15, 0.2) is 0 Å². The second-order valence-corrected chi connectivity index (χ2v) is 5.00. The fourth-order valence-electron chi connectivity index (χ4n) is 0.962. The van der Waals surface area contributed by atoms with E-state index in [1.54, 1.807) is 6.26 Å². The van der Waals surface area contributed by atoms with Gasteiger partial charge < -0.3 is 10.1 Å². The van der Waals surface area contributed by atoms with E-state index in [9.17, 15) is 9.00 Å². The van der Waals surface area contributed by atoms with Crippen LogP contribution in [-0.4, -0.2) is 41.4 Å². The number of hydrogen-bond donors (Lipinski definition) is 1. The van der Waals surface area contributed by atoms with Crippen LogP contribution in [-0.2, 0) is 20.3 Å². The van der Waals surface area contributed by atoms with Crippen LogP contribution in [0.3, 0.4) is 0 Å². The molecular formula is C9H19NO3S. The Hall–Kier alpha value is -0.420. The Morgan fingerprint density at radius 3 is 2.50 bits per heavy atom. The lowest BCUT2D eigenvalue weighted by molar-refractivity contribution is -0.143. The molecule has 0 aromatic rings. The molecule has 0 aliphatic rings. The molecule has 3 unspecified atom stereocenters. The van der Waals surface area contributed by atoms with Crippen molar-refractivity contribution in [1.29, 1.82) is 0 Å². The predicted octanol–water partition coefficient (Wildman–Crippen LogP) is 0.295. The minimum Gasteiger partial charge on any atom is -0.468 e. The van der Waals surface area contributed by atoms with Gasteiger partial charge in [-0.15, -0.1) is 0 Å². The Bertz CT molecular complexity index is 208. The first-order valence-electron chi connectivity index (χ1n) is 4.66. The molecular weight excluding hydrogens is 202 g/mol. The highest BCUT2D eigenvalue weighted by Crippen LogP contribution is 1.96. The Kier molecular flexibility index (Phi) is 6.74. The number of rotatable bonds is 6. The third kappa shape index (κ3) is 4.72. The molecule has 0 fully saturated rings. The summed E-state index contributed by atoms with van der Waals surface area (Å²) in [6.45, 7) is 4.35. The van der Waals surface area contributed by atoms with E-state index in [0.29, 0.717) is 13.0 Å². The normalized spacial score (nSPS) is 17.1. The summed E-state index contributed by atoms with van der Waals surface area (Å²) in [5, 5.41) is 3.08. The molecule has 0 saturated heterocycles. The average Bonchev–Trinajstić information content (AvgIpc) is 2.17. The Morgan fingerprint density at radius 2 is 2.14 bits per heavy atom. The number of nitrogens with one attached hydrogen (secondary N) is 1. The second-order valence-electron chi connectivity index (χ2n) is 3.20. The van der Waals surface area contributed by atoms with E-state index >= 15 is 0 Å². The van der Waals surface area contributed by atoms with Crippen molar-refractivity contribution in [2.24, 2.45) is 0 Å². The summed E-state index contributed by atoms with van der Waals surface area (Å²) < 4.78 is 15.7. The predicted molar refractivity (Wildman–Crippen MR) is 57.6 cm³/mol. The van der Waals surface area contributed by atoms with Crippen molar-refractivity contribution in [3.63, 3.8) is 0 Å². The van der Waals surface area contributed by atoms with Crippen molar-refractivity contribution in [3.05, 3.63) is 0 Å². The van der Waals surface area contributed by atoms with E-state index in [2.05, 4.69) is 10.1 Å². The molecule has 4 nitrogen and oxygen atoms in total. The Labute approximate surface area is 87.9 Å². The fraction of sp³-hybridized carbons (Fsp3) is 0.889. The van der Waals surface area contributed by atoms with E-state index in [1.807, 2.05) is 13.8 Å². The van der Waals surface area contributed by atoms with Gasteiger partial charge >= 0.3 is 5.97 Å². The summed E-state index contributed by atoms with van der Waals surface area (Å²) in [5.74, 6) is -0.262. The third-order valence-electron chi connectivity index (χ3n) is 2.11. The maximum absolute atomic E-state index is 11.2. The molecule has 5 heteroatoms. The molecule has 0 radical (unpaired) electrons. The summed E-state index contributed by atoms with van der Waals surface area (Å²) in [6, 6.07) is -0.286. The highest BCUT2D eigenvalue weighted by molar-refractivity contribution is 7.84. The first-order valence-corrected chi connectivity index (χ1v) is 6.28. The molecule has 3 atom stereocenters. The Morgan fingerprint density at radius 1 is 1.57 bits per heavy atom. The number of methoxy groups -OCH3 is 1. The van der Waals surface area contributed by atoms with Gasteiger partial charge in [0.2, 0.25) is 0 Å². The van der Waals surface area contributed by atoms with Gasteiger partial charge in [-0.3, -0.25) is 9.00 Å². The lowest BCUT2D eigenvalue weighted by Gasteiger charge is -2.16. The molecule has 0 rings (SSSR count). The van der Waals surface area contributed by atoms with Crippen LogP contribution in [0.25, 0.3) is 0 Å². The summed E-state index contributed by atoms with van der Waals surface area (Å²) in [5.41, 5.74) is 0. The summed E-state index contributed by atoms with van der Waals surface area (Å²) in [4.78, 5) is 11.2. The van der Waals surface area contributed by atoms with Crippen molar-refractivity contribution in [3.8, 4) is 0 Å². The molecule has 0 saturated carbocycles. The summed E-state index contributed by atoms with van der Waals surface area (Å²) in [6.07, 6.45) is 2.33. The van der Waals surface area contributed by atoms with E-state index in [0.717, 1.165) is 0 Å². The van der Waals surface area contributed by atoms with Gasteiger partial charge in [-0.05, 0) is 13.3 Å². The maximum atomic E-state index is 11.2. The molecule has 14 heavy (non-hydrogen) atoms. The van der Waals surface area contributed by atoms with Crippen LogP contribution in [0.1, 0.15) is 20.3 Å². The molecule has 84 valence electrons. The lowest BCUT2D eigenvalue weighted by Crippen LogP contribution is -2.41. The number of carbonyl (C=O) groups excluding carboxylic acids is 1. The zero-order valence-corrected chi connectivity index (χ0v) is 10.0. The van der Waals surface area contributed by atoms with Crippen molar-refractivity contribution in [2.75, 3.05) is 19.9 Å². The van der Waals surface area contributed by atoms with Gasteiger partial charge in [0.05, 0.1) is 7.11 Å². The molecule has 1 N–H and O–H groups in total. The van der Waals surface area contributed by atoms with Crippen LogP contribution < -0.4 is 5.32 Å². The van der Waals surface area contributed by atoms with Crippen molar-refractivity contribution < 1.29 is 13.7 Å². The van der Waals surface area contributed by atoms with E-state index in [-0.39, 0.29) is 17.3 Å². The number of ether oxygens (including phenoxy) is 1. The van der Waals surface area contributed by atoms with Crippen molar-refractivity contribution in [1.82, 2.24) is 5.32 Å². The molecule has 0 spiro atoms. The van der Waals surface area contributed by atoms with Crippen LogP contribution in [0.4, 0.5) is 0 Å². The zero-order chi connectivity index (χ0) is 11.1. The number of esters is 1. The second kappa shape index (κ2) is 6.95. The highest BCUT2D eigenvalue weighted by atomic mass is 32.2. The van der Waals surface area contributed by atoms with Crippen LogP contribution >= 0.6 is 0 Å². The van der Waals surface area contributed by atoms with Crippen molar-refractivity contribution >= 4 is 16.8 Å². The molecule has 0 aliphatic heterocycles.